The maximum Gasteiger partial charge on any atom is 0.253 e. The molecule has 1 aliphatic rings. The molecule has 1 saturated carbocycles. The normalized spacial score (nSPS) is 18.0. The molecule has 5 heteroatoms. The van der Waals surface area contributed by atoms with Crippen LogP contribution in [0.25, 0.3) is 0 Å². The van der Waals surface area contributed by atoms with Crippen LogP contribution in [0.5, 0.6) is 5.75 Å². The van der Waals surface area contributed by atoms with Crippen molar-refractivity contribution in [1.29, 1.82) is 0 Å². The van der Waals surface area contributed by atoms with Gasteiger partial charge in [-0.3, -0.25) is 4.79 Å². The van der Waals surface area contributed by atoms with E-state index < -0.39 is 5.54 Å². The molecule has 4 nitrogen and oxygen atoms in total. The van der Waals surface area contributed by atoms with Gasteiger partial charge in [0.2, 0.25) is 0 Å². The van der Waals surface area contributed by atoms with E-state index in [2.05, 4.69) is 5.32 Å². The number of rotatable bonds is 3. The van der Waals surface area contributed by atoms with E-state index in [-0.39, 0.29) is 23.8 Å². The monoisotopic (exact) mass is 283 g/mol. The number of nitrogens with one attached hydrogen (secondary N) is 1. The first-order valence-electron chi connectivity index (χ1n) is 6.48. The van der Waals surface area contributed by atoms with Gasteiger partial charge < -0.3 is 15.5 Å². The summed E-state index contributed by atoms with van der Waals surface area (Å²) in [7, 11) is 0. The average molecular weight is 284 g/mol. The number of hydrogen-bond acceptors (Lipinski definition) is 3. The zero-order valence-corrected chi connectivity index (χ0v) is 11.4. The number of amides is 1. The lowest BCUT2D eigenvalue weighted by molar-refractivity contribution is 0.0758. The Morgan fingerprint density at radius 3 is 2.63 bits per heavy atom. The molecule has 1 amide bonds. The van der Waals surface area contributed by atoms with E-state index in [0.717, 1.165) is 32.1 Å². The fourth-order valence-electron chi connectivity index (χ4n) is 2.55. The van der Waals surface area contributed by atoms with Crippen LogP contribution >= 0.6 is 11.6 Å². The molecule has 0 atom stereocenters. The smallest absolute Gasteiger partial charge is 0.253 e. The zero-order valence-electron chi connectivity index (χ0n) is 10.7. The highest BCUT2D eigenvalue weighted by Gasteiger charge is 2.33. The van der Waals surface area contributed by atoms with Crippen LogP contribution in [0.15, 0.2) is 18.2 Å². The average Bonchev–Trinajstić information content (AvgIpc) is 2.42. The van der Waals surface area contributed by atoms with Gasteiger partial charge in [0.15, 0.2) is 0 Å². The van der Waals surface area contributed by atoms with E-state index in [1.807, 2.05) is 0 Å². The predicted octanol–water partition coefficient (Wildman–Crippen LogP) is 2.47. The summed E-state index contributed by atoms with van der Waals surface area (Å²) < 4.78 is 0. The second-order valence-electron chi connectivity index (χ2n) is 5.12. The topological polar surface area (TPSA) is 69.6 Å². The van der Waals surface area contributed by atoms with Gasteiger partial charge in [-0.05, 0) is 31.0 Å². The van der Waals surface area contributed by atoms with Crippen molar-refractivity contribution >= 4 is 17.5 Å². The first kappa shape index (κ1) is 14.2. The van der Waals surface area contributed by atoms with Gasteiger partial charge in [0.05, 0.1) is 22.7 Å². The van der Waals surface area contributed by atoms with Crippen molar-refractivity contribution in [1.82, 2.24) is 5.32 Å². The van der Waals surface area contributed by atoms with Gasteiger partial charge in [0.1, 0.15) is 5.75 Å². The van der Waals surface area contributed by atoms with Gasteiger partial charge in [-0.25, -0.2) is 0 Å². The van der Waals surface area contributed by atoms with E-state index in [1.54, 1.807) is 0 Å². The highest BCUT2D eigenvalue weighted by molar-refractivity contribution is 6.33. The van der Waals surface area contributed by atoms with Crippen LogP contribution in [-0.4, -0.2) is 28.3 Å². The van der Waals surface area contributed by atoms with Crippen LogP contribution < -0.4 is 5.32 Å². The Labute approximate surface area is 117 Å². The quantitative estimate of drug-likeness (QED) is 0.798. The van der Waals surface area contributed by atoms with E-state index in [1.165, 1.54) is 18.2 Å². The second kappa shape index (κ2) is 5.80. The Morgan fingerprint density at radius 2 is 2.00 bits per heavy atom. The highest BCUT2D eigenvalue weighted by atomic mass is 35.5. The second-order valence-corrected chi connectivity index (χ2v) is 5.52. The van der Waals surface area contributed by atoms with E-state index in [4.69, 9.17) is 11.6 Å². The highest BCUT2D eigenvalue weighted by Crippen LogP contribution is 2.29. The number of aliphatic hydroxyl groups is 1. The summed E-state index contributed by atoms with van der Waals surface area (Å²) in [5, 5.41) is 22.2. The molecular formula is C14H18ClNO3. The van der Waals surface area contributed by atoms with Gasteiger partial charge in [-0.2, -0.15) is 0 Å². The van der Waals surface area contributed by atoms with Crippen molar-refractivity contribution in [3.8, 4) is 5.75 Å². The Morgan fingerprint density at radius 1 is 1.32 bits per heavy atom. The molecule has 2 rings (SSSR count). The molecule has 1 aromatic rings. The minimum atomic E-state index is -0.551. The lowest BCUT2D eigenvalue weighted by Gasteiger charge is -2.36. The third kappa shape index (κ3) is 3.19. The molecular weight excluding hydrogens is 266 g/mol. The molecule has 0 saturated heterocycles. The third-order valence-electron chi connectivity index (χ3n) is 3.69. The van der Waals surface area contributed by atoms with Crippen LogP contribution in [-0.2, 0) is 0 Å². The number of carbonyl (C=O) groups is 1. The Balaban J connectivity index is 2.17. The van der Waals surface area contributed by atoms with Gasteiger partial charge in [-0.15, -0.1) is 0 Å². The van der Waals surface area contributed by atoms with Crippen molar-refractivity contribution in [2.45, 2.75) is 37.6 Å². The molecule has 0 spiro atoms. The fraction of sp³-hybridized carbons (Fsp3) is 0.500. The van der Waals surface area contributed by atoms with Crippen LogP contribution in [0.2, 0.25) is 5.02 Å². The number of phenols is 1. The summed E-state index contributed by atoms with van der Waals surface area (Å²) in [5.74, 6) is -0.354. The number of hydrogen-bond donors (Lipinski definition) is 3. The van der Waals surface area contributed by atoms with Crippen LogP contribution in [0, 0.1) is 0 Å². The number of benzene rings is 1. The van der Waals surface area contributed by atoms with Crippen LogP contribution in [0.3, 0.4) is 0 Å². The summed E-state index contributed by atoms with van der Waals surface area (Å²) in [6.07, 6.45) is 4.66. The fourth-order valence-corrected chi connectivity index (χ4v) is 2.75. The molecule has 0 radical (unpaired) electrons. The maximum absolute atomic E-state index is 12.2. The van der Waals surface area contributed by atoms with Crippen molar-refractivity contribution < 1.29 is 15.0 Å². The molecule has 1 fully saturated rings. The molecule has 0 aliphatic heterocycles. The summed E-state index contributed by atoms with van der Waals surface area (Å²) in [6.45, 7) is -0.0742. The molecule has 104 valence electrons. The number of aliphatic hydroxyl groups excluding tert-OH is 1. The largest absolute Gasteiger partial charge is 0.508 e. The van der Waals surface area contributed by atoms with Gasteiger partial charge >= 0.3 is 0 Å². The van der Waals surface area contributed by atoms with Crippen LogP contribution in [0.1, 0.15) is 42.5 Å². The maximum atomic E-state index is 12.2. The number of aromatic hydroxyl groups is 1. The van der Waals surface area contributed by atoms with E-state index in [0.29, 0.717) is 5.02 Å². The van der Waals surface area contributed by atoms with Gasteiger partial charge in [-0.1, -0.05) is 30.9 Å². The lowest BCUT2D eigenvalue weighted by Crippen LogP contribution is -2.52. The van der Waals surface area contributed by atoms with E-state index >= 15 is 0 Å². The van der Waals surface area contributed by atoms with Gasteiger partial charge in [0, 0.05) is 0 Å². The first-order valence-corrected chi connectivity index (χ1v) is 6.86. The summed E-state index contributed by atoms with van der Waals surface area (Å²) in [4.78, 5) is 12.2. The molecule has 0 heterocycles. The standard InChI is InChI=1S/C14H18ClNO3/c15-12-5-4-10(18)8-11(12)13(19)16-14(9-17)6-2-1-3-7-14/h4-5,8,17-18H,1-3,6-7,9H2,(H,16,19). The number of phenolic OH excluding ortho intramolecular Hbond substituents is 1. The summed E-state index contributed by atoms with van der Waals surface area (Å²) >= 11 is 5.96. The molecule has 0 unspecified atom stereocenters. The molecule has 0 aromatic heterocycles. The Hall–Kier alpha value is -1.26. The third-order valence-corrected chi connectivity index (χ3v) is 4.02. The van der Waals surface area contributed by atoms with Crippen molar-refractivity contribution in [3.05, 3.63) is 28.8 Å². The van der Waals surface area contributed by atoms with Gasteiger partial charge in [0.25, 0.3) is 5.91 Å². The predicted molar refractivity (Wildman–Crippen MR) is 73.5 cm³/mol. The first-order chi connectivity index (χ1) is 9.06. The lowest BCUT2D eigenvalue weighted by atomic mass is 9.82. The minimum absolute atomic E-state index is 0.00348. The van der Waals surface area contributed by atoms with E-state index in [9.17, 15) is 15.0 Å². The molecule has 0 bridgehead atoms. The molecule has 19 heavy (non-hydrogen) atoms. The van der Waals surface area contributed by atoms with Crippen molar-refractivity contribution in [2.24, 2.45) is 0 Å². The minimum Gasteiger partial charge on any atom is -0.508 e. The molecule has 1 aliphatic carbocycles. The van der Waals surface area contributed by atoms with Crippen molar-refractivity contribution in [3.63, 3.8) is 0 Å². The molecule has 1 aromatic carbocycles. The number of carbonyl (C=O) groups excluding carboxylic acids is 1. The Bertz CT molecular complexity index is 470. The Kier molecular flexibility index (Phi) is 4.32. The molecule has 3 N–H and O–H groups in total. The number of halogens is 1. The zero-order chi connectivity index (χ0) is 13.9. The van der Waals surface area contributed by atoms with Crippen molar-refractivity contribution in [2.75, 3.05) is 6.61 Å². The SMILES string of the molecule is O=C(NC1(CO)CCCCC1)c1cc(O)ccc1Cl. The summed E-state index contributed by atoms with van der Waals surface area (Å²) in [5.41, 5.74) is -0.315. The van der Waals surface area contributed by atoms with Crippen LogP contribution in [0.4, 0.5) is 0 Å². The summed E-state index contributed by atoms with van der Waals surface area (Å²) in [6, 6.07) is 4.26.